The molecule has 0 aromatic carbocycles. The number of ether oxygens (including phenoxy) is 10. The summed E-state index contributed by atoms with van der Waals surface area (Å²) < 4.78 is 54.2. The summed E-state index contributed by atoms with van der Waals surface area (Å²) in [6.45, 7) is 17.1. The predicted molar refractivity (Wildman–Crippen MR) is 138 cm³/mol. The van der Waals surface area contributed by atoms with E-state index in [2.05, 4.69) is 13.5 Å². The number of unbranched alkanes of at least 4 members (excludes halogenated alkanes) is 2. The summed E-state index contributed by atoms with van der Waals surface area (Å²) in [5.41, 5.74) is 0. The average molecular weight is 525 g/mol. The third-order valence-electron chi connectivity index (χ3n) is 4.48. The second-order valence-electron chi connectivity index (χ2n) is 7.58. The van der Waals surface area contributed by atoms with Crippen molar-refractivity contribution in [3.8, 4) is 0 Å². The molecule has 10 heteroatoms. The topological polar surface area (TPSA) is 92.3 Å². The van der Waals surface area contributed by atoms with Gasteiger partial charge in [0.15, 0.2) is 0 Å². The van der Waals surface area contributed by atoms with E-state index < -0.39 is 0 Å². The van der Waals surface area contributed by atoms with Gasteiger partial charge in [0.1, 0.15) is 0 Å². The maximum atomic E-state index is 5.47. The quantitative estimate of drug-likeness (QED) is 0.0942. The zero-order chi connectivity index (χ0) is 26.0. The SMILES string of the molecule is C=CCOCCOCCOCCOCCOCCOCCOCCOCCOCCOCCCCC. The molecule has 216 valence electrons. The first-order valence-corrected chi connectivity index (χ1v) is 13.3. The summed E-state index contributed by atoms with van der Waals surface area (Å²) in [6.07, 6.45) is 5.27. The van der Waals surface area contributed by atoms with E-state index >= 15 is 0 Å². The fraction of sp³-hybridized carbons (Fsp3) is 0.923. The lowest BCUT2D eigenvalue weighted by atomic mass is 10.3. The van der Waals surface area contributed by atoms with Crippen LogP contribution < -0.4 is 0 Å². The molecule has 36 heavy (non-hydrogen) atoms. The molecule has 0 heterocycles. The van der Waals surface area contributed by atoms with Crippen molar-refractivity contribution in [1.82, 2.24) is 0 Å². The van der Waals surface area contributed by atoms with Gasteiger partial charge in [0.2, 0.25) is 0 Å². The molecule has 0 saturated carbocycles. The predicted octanol–water partition coefficient (Wildman–Crippen LogP) is 2.53. The lowest BCUT2D eigenvalue weighted by Gasteiger charge is -2.09. The second kappa shape index (κ2) is 34.3. The Hall–Kier alpha value is -0.660. The van der Waals surface area contributed by atoms with Gasteiger partial charge in [0, 0.05) is 6.61 Å². The Morgan fingerprint density at radius 3 is 0.861 bits per heavy atom. The molecular weight excluding hydrogens is 472 g/mol. The van der Waals surface area contributed by atoms with E-state index in [1.807, 2.05) is 0 Å². The van der Waals surface area contributed by atoms with Crippen molar-refractivity contribution in [1.29, 1.82) is 0 Å². The van der Waals surface area contributed by atoms with E-state index in [9.17, 15) is 0 Å². The molecule has 0 unspecified atom stereocenters. The van der Waals surface area contributed by atoms with Gasteiger partial charge in [-0.1, -0.05) is 25.8 Å². The maximum absolute atomic E-state index is 5.47. The number of rotatable bonds is 33. The summed E-state index contributed by atoms with van der Waals surface area (Å²) in [5, 5.41) is 0. The Balaban J connectivity index is 3.00. The van der Waals surface area contributed by atoms with Crippen molar-refractivity contribution in [2.45, 2.75) is 26.2 Å². The van der Waals surface area contributed by atoms with Crippen LogP contribution in [0.15, 0.2) is 12.7 Å². The van der Waals surface area contributed by atoms with Gasteiger partial charge >= 0.3 is 0 Å². The van der Waals surface area contributed by atoms with E-state index in [-0.39, 0.29) is 0 Å². The summed E-state index contributed by atoms with van der Waals surface area (Å²) in [5.74, 6) is 0. The molecule has 0 saturated heterocycles. The Bertz CT molecular complexity index is 401. The molecule has 0 aromatic rings. The first-order chi connectivity index (χ1) is 17.9. The number of hydrogen-bond donors (Lipinski definition) is 0. The third-order valence-corrected chi connectivity index (χ3v) is 4.48. The van der Waals surface area contributed by atoms with E-state index in [1.165, 1.54) is 12.8 Å². The Morgan fingerprint density at radius 2 is 0.611 bits per heavy atom. The van der Waals surface area contributed by atoms with Crippen molar-refractivity contribution < 1.29 is 47.4 Å². The molecule has 0 rings (SSSR count). The monoisotopic (exact) mass is 524 g/mol. The van der Waals surface area contributed by atoms with Crippen LogP contribution in [0.2, 0.25) is 0 Å². The summed E-state index contributed by atoms with van der Waals surface area (Å²) >= 11 is 0. The van der Waals surface area contributed by atoms with Crippen molar-refractivity contribution >= 4 is 0 Å². The zero-order valence-corrected chi connectivity index (χ0v) is 22.6. The molecule has 0 aliphatic heterocycles. The van der Waals surface area contributed by atoms with Gasteiger partial charge in [0.05, 0.1) is 126 Å². The van der Waals surface area contributed by atoms with Crippen LogP contribution in [0.25, 0.3) is 0 Å². The van der Waals surface area contributed by atoms with Crippen LogP contribution in [0, 0.1) is 0 Å². The molecular formula is C26H52O10. The Labute approximate surface area is 218 Å². The van der Waals surface area contributed by atoms with Crippen LogP contribution in [-0.4, -0.2) is 132 Å². The van der Waals surface area contributed by atoms with Crippen LogP contribution in [0.5, 0.6) is 0 Å². The van der Waals surface area contributed by atoms with E-state index in [0.29, 0.717) is 126 Å². The molecule has 0 aromatic heterocycles. The molecule has 0 fully saturated rings. The standard InChI is InChI=1S/C26H52O10/c1-3-5-6-8-28-10-12-30-14-16-32-18-20-34-22-24-36-26-25-35-23-21-33-19-17-31-15-13-29-11-9-27-7-4-2/h4H,2-3,5-26H2,1H3. The van der Waals surface area contributed by atoms with Crippen LogP contribution >= 0.6 is 0 Å². The first-order valence-electron chi connectivity index (χ1n) is 13.3. The molecule has 0 N–H and O–H groups in total. The van der Waals surface area contributed by atoms with Gasteiger partial charge in [-0.05, 0) is 6.42 Å². The maximum Gasteiger partial charge on any atom is 0.0704 e. The average Bonchev–Trinajstić information content (AvgIpc) is 2.89. The van der Waals surface area contributed by atoms with E-state index in [4.69, 9.17) is 47.4 Å². The molecule has 0 atom stereocenters. The van der Waals surface area contributed by atoms with Crippen LogP contribution in [0.3, 0.4) is 0 Å². The van der Waals surface area contributed by atoms with Crippen LogP contribution in [-0.2, 0) is 47.4 Å². The van der Waals surface area contributed by atoms with E-state index in [1.54, 1.807) is 6.08 Å². The fourth-order valence-electron chi connectivity index (χ4n) is 2.60. The highest BCUT2D eigenvalue weighted by atomic mass is 16.6. The van der Waals surface area contributed by atoms with Gasteiger partial charge in [-0.2, -0.15) is 0 Å². The Morgan fingerprint density at radius 1 is 0.361 bits per heavy atom. The van der Waals surface area contributed by atoms with Gasteiger partial charge in [-0.25, -0.2) is 0 Å². The van der Waals surface area contributed by atoms with Crippen molar-refractivity contribution in [3.05, 3.63) is 12.7 Å². The highest BCUT2D eigenvalue weighted by Gasteiger charge is 1.96. The lowest BCUT2D eigenvalue weighted by molar-refractivity contribution is -0.0261. The summed E-state index contributed by atoms with van der Waals surface area (Å²) in [6, 6.07) is 0. The molecule has 0 aliphatic carbocycles. The minimum Gasteiger partial charge on any atom is -0.379 e. The molecule has 0 spiro atoms. The normalized spacial score (nSPS) is 11.4. The Kier molecular flexibility index (Phi) is 33.7. The lowest BCUT2D eigenvalue weighted by Crippen LogP contribution is -2.15. The third kappa shape index (κ3) is 33.3. The molecule has 0 amide bonds. The summed E-state index contributed by atoms with van der Waals surface area (Å²) in [7, 11) is 0. The zero-order valence-electron chi connectivity index (χ0n) is 22.6. The van der Waals surface area contributed by atoms with Gasteiger partial charge in [-0.15, -0.1) is 6.58 Å². The van der Waals surface area contributed by atoms with Crippen molar-refractivity contribution in [2.75, 3.05) is 132 Å². The summed E-state index contributed by atoms with van der Waals surface area (Å²) in [4.78, 5) is 0. The van der Waals surface area contributed by atoms with Crippen LogP contribution in [0.1, 0.15) is 26.2 Å². The minimum atomic E-state index is 0.528. The largest absolute Gasteiger partial charge is 0.379 e. The van der Waals surface area contributed by atoms with Gasteiger partial charge < -0.3 is 47.4 Å². The van der Waals surface area contributed by atoms with E-state index in [0.717, 1.165) is 13.0 Å². The minimum absolute atomic E-state index is 0.528. The van der Waals surface area contributed by atoms with Crippen molar-refractivity contribution in [2.24, 2.45) is 0 Å². The molecule has 10 nitrogen and oxygen atoms in total. The van der Waals surface area contributed by atoms with Crippen molar-refractivity contribution in [3.63, 3.8) is 0 Å². The number of hydrogen-bond acceptors (Lipinski definition) is 10. The van der Waals surface area contributed by atoms with Gasteiger partial charge in [0.25, 0.3) is 0 Å². The highest BCUT2D eigenvalue weighted by Crippen LogP contribution is 1.94. The molecule has 0 radical (unpaired) electrons. The fourth-order valence-corrected chi connectivity index (χ4v) is 2.60. The first kappa shape index (κ1) is 35.3. The second-order valence-corrected chi connectivity index (χ2v) is 7.58. The van der Waals surface area contributed by atoms with Crippen LogP contribution in [0.4, 0.5) is 0 Å². The highest BCUT2D eigenvalue weighted by molar-refractivity contribution is 4.63. The van der Waals surface area contributed by atoms with Gasteiger partial charge in [-0.3, -0.25) is 0 Å². The smallest absolute Gasteiger partial charge is 0.0704 e. The molecule has 0 bridgehead atoms. The molecule has 0 aliphatic rings.